The predicted molar refractivity (Wildman–Crippen MR) is 143 cm³/mol. The minimum absolute atomic E-state index is 0.0225. The summed E-state index contributed by atoms with van der Waals surface area (Å²) in [5.74, 6) is 0.415. The number of aromatic amines is 1. The molecular formula is C26H27ClN10O. The Morgan fingerprint density at radius 1 is 1.21 bits per heavy atom. The molecule has 3 aromatic heterocycles. The van der Waals surface area contributed by atoms with Crippen LogP contribution in [0.25, 0.3) is 11.4 Å². The number of nitrogens with zero attached hydrogens (tertiary/aromatic N) is 7. The molecule has 0 saturated heterocycles. The minimum atomic E-state index is -0.144. The highest BCUT2D eigenvalue weighted by Crippen LogP contribution is 2.30. The smallest absolute Gasteiger partial charge is 0.322 e. The van der Waals surface area contributed by atoms with Crippen molar-refractivity contribution in [1.29, 1.82) is 5.26 Å². The molecule has 0 unspecified atom stereocenters. The Kier molecular flexibility index (Phi) is 7.51. The number of amides is 2. The molecule has 0 atom stereocenters. The van der Waals surface area contributed by atoms with Gasteiger partial charge < -0.3 is 10.6 Å². The van der Waals surface area contributed by atoms with Gasteiger partial charge in [-0.1, -0.05) is 41.9 Å². The molecule has 0 aliphatic heterocycles. The van der Waals surface area contributed by atoms with Crippen LogP contribution in [0, 0.1) is 11.3 Å². The molecule has 1 fully saturated rings. The van der Waals surface area contributed by atoms with E-state index in [4.69, 9.17) is 11.6 Å². The quantitative estimate of drug-likeness (QED) is 0.324. The monoisotopic (exact) mass is 530 g/mol. The van der Waals surface area contributed by atoms with Gasteiger partial charge >= 0.3 is 6.03 Å². The van der Waals surface area contributed by atoms with Crippen LogP contribution in [0.1, 0.15) is 36.8 Å². The van der Waals surface area contributed by atoms with Gasteiger partial charge in [0.1, 0.15) is 17.5 Å². The Bertz CT molecular complexity index is 1440. The van der Waals surface area contributed by atoms with E-state index in [1.54, 1.807) is 10.9 Å². The Hall–Kier alpha value is -4.43. The number of hydrogen-bond acceptors (Lipinski definition) is 7. The van der Waals surface area contributed by atoms with E-state index in [-0.39, 0.29) is 18.1 Å². The summed E-state index contributed by atoms with van der Waals surface area (Å²) in [6, 6.07) is 11.9. The van der Waals surface area contributed by atoms with Crippen LogP contribution in [0.5, 0.6) is 0 Å². The van der Waals surface area contributed by atoms with Gasteiger partial charge in [-0.15, -0.1) is 0 Å². The number of hydrogen-bond donors (Lipinski definition) is 3. The topological polar surface area (TPSA) is 140 Å². The van der Waals surface area contributed by atoms with E-state index in [0.29, 0.717) is 34.5 Å². The van der Waals surface area contributed by atoms with Gasteiger partial charge in [0, 0.05) is 31.9 Å². The van der Waals surface area contributed by atoms with Gasteiger partial charge in [0.25, 0.3) is 0 Å². The SMILES string of the molecule is Cn1cc(N(C(=O)NCc2ccccc2)C2CCC(Nc3ncc(C#N)c(-c4[nH]ncc4Cl)n3)CC2)cn1. The summed E-state index contributed by atoms with van der Waals surface area (Å²) >= 11 is 6.20. The van der Waals surface area contributed by atoms with E-state index < -0.39 is 0 Å². The number of anilines is 2. The van der Waals surface area contributed by atoms with E-state index in [0.717, 1.165) is 36.9 Å². The fourth-order valence-electron chi connectivity index (χ4n) is 4.71. The molecule has 194 valence electrons. The lowest BCUT2D eigenvalue weighted by atomic mass is 9.90. The van der Waals surface area contributed by atoms with Crippen molar-refractivity contribution in [3.8, 4) is 17.5 Å². The van der Waals surface area contributed by atoms with Crippen molar-refractivity contribution in [2.24, 2.45) is 7.05 Å². The molecule has 1 aliphatic carbocycles. The first-order valence-electron chi connectivity index (χ1n) is 12.3. The van der Waals surface area contributed by atoms with Crippen LogP contribution in [0.15, 0.2) is 55.1 Å². The van der Waals surface area contributed by atoms with Crippen LogP contribution in [0.4, 0.5) is 16.4 Å². The number of carbonyl (C=O) groups excluding carboxylic acids is 1. The average molecular weight is 531 g/mol. The summed E-state index contributed by atoms with van der Waals surface area (Å²) in [5, 5.41) is 27.3. The van der Waals surface area contributed by atoms with Gasteiger partial charge in [-0.3, -0.25) is 14.7 Å². The summed E-state index contributed by atoms with van der Waals surface area (Å²) in [7, 11) is 1.84. The number of benzene rings is 1. The lowest BCUT2D eigenvalue weighted by Gasteiger charge is -2.36. The van der Waals surface area contributed by atoms with Gasteiger partial charge in [-0.2, -0.15) is 15.5 Å². The molecule has 12 heteroatoms. The van der Waals surface area contributed by atoms with E-state index >= 15 is 0 Å². The van der Waals surface area contributed by atoms with Crippen molar-refractivity contribution in [2.75, 3.05) is 10.2 Å². The van der Waals surface area contributed by atoms with E-state index in [1.807, 2.05) is 48.5 Å². The third kappa shape index (κ3) is 5.60. The maximum atomic E-state index is 13.3. The molecule has 38 heavy (non-hydrogen) atoms. The molecule has 1 aromatic carbocycles. The zero-order chi connectivity index (χ0) is 26.5. The first-order chi connectivity index (χ1) is 18.5. The lowest BCUT2D eigenvalue weighted by molar-refractivity contribution is 0.240. The molecule has 5 rings (SSSR count). The second-order valence-corrected chi connectivity index (χ2v) is 9.60. The number of urea groups is 1. The van der Waals surface area contributed by atoms with Crippen LogP contribution in [-0.4, -0.2) is 48.1 Å². The van der Waals surface area contributed by atoms with Gasteiger partial charge in [0.05, 0.1) is 34.9 Å². The van der Waals surface area contributed by atoms with Gasteiger partial charge in [0.15, 0.2) is 0 Å². The number of H-pyrrole nitrogens is 1. The molecule has 0 radical (unpaired) electrons. The Morgan fingerprint density at radius 2 is 2.00 bits per heavy atom. The van der Waals surface area contributed by atoms with Crippen molar-refractivity contribution in [2.45, 2.75) is 44.3 Å². The molecule has 0 bridgehead atoms. The number of aromatic nitrogens is 6. The summed E-state index contributed by atoms with van der Waals surface area (Å²) in [6.45, 7) is 0.450. The van der Waals surface area contributed by atoms with Crippen molar-refractivity contribution in [3.63, 3.8) is 0 Å². The zero-order valence-corrected chi connectivity index (χ0v) is 21.6. The van der Waals surface area contributed by atoms with Crippen LogP contribution < -0.4 is 15.5 Å². The highest BCUT2D eigenvalue weighted by atomic mass is 35.5. The molecular weight excluding hydrogens is 504 g/mol. The van der Waals surface area contributed by atoms with Crippen molar-refractivity contribution in [3.05, 3.63) is 71.3 Å². The normalized spacial score (nSPS) is 17.0. The van der Waals surface area contributed by atoms with E-state index in [1.165, 1.54) is 12.4 Å². The number of halogens is 1. The fourth-order valence-corrected chi connectivity index (χ4v) is 4.89. The maximum absolute atomic E-state index is 13.3. The maximum Gasteiger partial charge on any atom is 0.322 e. The van der Waals surface area contributed by atoms with Crippen LogP contribution in [-0.2, 0) is 13.6 Å². The van der Waals surface area contributed by atoms with Crippen LogP contribution >= 0.6 is 11.6 Å². The number of nitrogens with one attached hydrogen (secondary N) is 3. The highest BCUT2D eigenvalue weighted by molar-refractivity contribution is 6.32. The third-order valence-electron chi connectivity index (χ3n) is 6.61. The number of rotatable bonds is 7. The second kappa shape index (κ2) is 11.3. The fraction of sp³-hybridized carbons (Fsp3) is 0.308. The Balaban J connectivity index is 1.26. The largest absolute Gasteiger partial charge is 0.351 e. The lowest BCUT2D eigenvalue weighted by Crippen LogP contribution is -2.48. The molecule has 3 N–H and O–H groups in total. The summed E-state index contributed by atoms with van der Waals surface area (Å²) in [4.78, 5) is 24.0. The Morgan fingerprint density at radius 3 is 2.66 bits per heavy atom. The third-order valence-corrected chi connectivity index (χ3v) is 6.90. The van der Waals surface area contributed by atoms with Crippen molar-refractivity contribution >= 4 is 29.3 Å². The number of nitriles is 1. The highest BCUT2D eigenvalue weighted by Gasteiger charge is 2.31. The minimum Gasteiger partial charge on any atom is -0.351 e. The molecule has 2 amide bonds. The predicted octanol–water partition coefficient (Wildman–Crippen LogP) is 4.26. The molecule has 1 saturated carbocycles. The molecule has 0 spiro atoms. The standard InChI is InChI=1S/C26H27ClN10O/c1-36-16-21(14-32-36)37(26(38)30-12-17-5-3-2-4-6-17)20-9-7-19(8-10-20)33-25-29-13-18(11-28)23(34-25)24-22(27)15-31-35-24/h2-6,13-16,19-20H,7-10,12H2,1H3,(H,30,38)(H,31,35)(H,29,33,34). The first-order valence-corrected chi connectivity index (χ1v) is 12.7. The number of carbonyl (C=O) groups is 1. The van der Waals surface area contributed by atoms with E-state index in [9.17, 15) is 10.1 Å². The van der Waals surface area contributed by atoms with Crippen LogP contribution in [0.3, 0.4) is 0 Å². The zero-order valence-electron chi connectivity index (χ0n) is 20.8. The summed E-state index contributed by atoms with van der Waals surface area (Å²) < 4.78 is 1.70. The van der Waals surface area contributed by atoms with Crippen molar-refractivity contribution < 1.29 is 4.79 Å². The van der Waals surface area contributed by atoms with Crippen LogP contribution in [0.2, 0.25) is 5.02 Å². The van der Waals surface area contributed by atoms with Gasteiger partial charge in [-0.05, 0) is 31.2 Å². The molecule has 3 heterocycles. The Labute approximate surface area is 224 Å². The van der Waals surface area contributed by atoms with Crippen molar-refractivity contribution in [1.82, 2.24) is 35.3 Å². The number of aryl methyl sites for hydroxylation is 1. The second-order valence-electron chi connectivity index (χ2n) is 9.20. The summed E-state index contributed by atoms with van der Waals surface area (Å²) in [6.07, 6.45) is 9.75. The van der Waals surface area contributed by atoms with E-state index in [2.05, 4.69) is 42.0 Å². The molecule has 11 nitrogen and oxygen atoms in total. The first kappa shape index (κ1) is 25.2. The molecule has 4 aromatic rings. The van der Waals surface area contributed by atoms with Gasteiger partial charge in [0.2, 0.25) is 5.95 Å². The summed E-state index contributed by atoms with van der Waals surface area (Å²) in [5.41, 5.74) is 2.99. The van der Waals surface area contributed by atoms with Gasteiger partial charge in [-0.25, -0.2) is 14.8 Å². The molecule has 1 aliphatic rings. The average Bonchev–Trinajstić information content (AvgIpc) is 3.57.